The van der Waals surface area contributed by atoms with Crippen LogP contribution in [0.15, 0.2) is 12.4 Å². The van der Waals surface area contributed by atoms with Gasteiger partial charge in [-0.2, -0.15) is 0 Å². The van der Waals surface area contributed by atoms with Crippen LogP contribution in [0.25, 0.3) is 10.3 Å². The minimum absolute atomic E-state index is 0.0000926. The number of hydrogen-bond acceptors (Lipinski definition) is 5. The number of carbonyl (C=O) groups is 1. The average Bonchev–Trinajstić information content (AvgIpc) is 2.84. The van der Waals surface area contributed by atoms with E-state index in [1.54, 1.807) is 12.4 Å². The largest absolute Gasteiger partial charge is 0.396 e. The number of rotatable bonds is 6. The Balaban J connectivity index is 2.35. The number of anilines is 1. The summed E-state index contributed by atoms with van der Waals surface area (Å²) in [5.74, 6) is 0.0000926. The van der Waals surface area contributed by atoms with Gasteiger partial charge in [0.2, 0.25) is 0 Å². The molecule has 2 aromatic rings. The van der Waals surface area contributed by atoms with E-state index < -0.39 is 0 Å². The van der Waals surface area contributed by atoms with Crippen molar-refractivity contribution in [1.82, 2.24) is 14.9 Å². The quantitative estimate of drug-likeness (QED) is 0.888. The topological polar surface area (TPSA) is 72.1 Å². The molecular formula is C15H22N4OS. The lowest BCUT2D eigenvalue weighted by Crippen LogP contribution is -2.38. The lowest BCUT2D eigenvalue weighted by molar-refractivity contribution is 0.0691. The van der Waals surface area contributed by atoms with Crippen LogP contribution in [0.2, 0.25) is 0 Å². The van der Waals surface area contributed by atoms with Crippen molar-refractivity contribution < 1.29 is 4.79 Å². The van der Waals surface area contributed by atoms with Crippen molar-refractivity contribution in [2.75, 3.05) is 12.3 Å². The minimum atomic E-state index is 0.0000926. The van der Waals surface area contributed by atoms with Gasteiger partial charge in [0.25, 0.3) is 5.91 Å². The maximum Gasteiger partial charge on any atom is 0.266 e. The number of nitrogen functional groups attached to an aromatic ring is 1. The highest BCUT2D eigenvalue weighted by Crippen LogP contribution is 2.32. The lowest BCUT2D eigenvalue weighted by Gasteiger charge is -2.28. The summed E-state index contributed by atoms with van der Waals surface area (Å²) in [6, 6.07) is 0.203. The van der Waals surface area contributed by atoms with Gasteiger partial charge in [-0.25, -0.2) is 9.97 Å². The number of nitrogens with zero attached hydrogens (tertiary/aromatic N) is 3. The van der Waals surface area contributed by atoms with Crippen molar-refractivity contribution >= 4 is 33.3 Å². The van der Waals surface area contributed by atoms with Crippen molar-refractivity contribution in [3.8, 4) is 0 Å². The third kappa shape index (κ3) is 3.15. The summed E-state index contributed by atoms with van der Waals surface area (Å²) in [7, 11) is 0. The van der Waals surface area contributed by atoms with E-state index in [4.69, 9.17) is 5.73 Å². The SMILES string of the molecule is CCCCN(C(=O)c1sc2nccnc2c1N)C(C)CC. The van der Waals surface area contributed by atoms with E-state index in [1.807, 2.05) is 4.90 Å². The van der Waals surface area contributed by atoms with Gasteiger partial charge in [-0.15, -0.1) is 11.3 Å². The lowest BCUT2D eigenvalue weighted by atomic mass is 10.2. The molecule has 0 saturated heterocycles. The second-order valence-corrected chi connectivity index (χ2v) is 6.16. The molecule has 1 atom stereocenters. The Morgan fingerprint density at radius 2 is 2.10 bits per heavy atom. The van der Waals surface area contributed by atoms with Gasteiger partial charge in [-0.3, -0.25) is 4.79 Å². The zero-order valence-corrected chi connectivity index (χ0v) is 13.6. The first-order chi connectivity index (χ1) is 10.1. The fourth-order valence-corrected chi connectivity index (χ4v) is 3.18. The number of carbonyl (C=O) groups excluding carboxylic acids is 1. The minimum Gasteiger partial charge on any atom is -0.396 e. The summed E-state index contributed by atoms with van der Waals surface area (Å²) in [6.45, 7) is 7.06. The summed E-state index contributed by atoms with van der Waals surface area (Å²) < 4.78 is 0. The van der Waals surface area contributed by atoms with Crippen LogP contribution in [0.3, 0.4) is 0 Å². The molecule has 5 nitrogen and oxygen atoms in total. The molecule has 2 aromatic heterocycles. The Kier molecular flexibility index (Phi) is 5.12. The van der Waals surface area contributed by atoms with E-state index in [9.17, 15) is 4.79 Å². The summed E-state index contributed by atoms with van der Waals surface area (Å²) >= 11 is 1.33. The fourth-order valence-electron chi connectivity index (χ4n) is 2.20. The molecule has 2 rings (SSSR count). The van der Waals surface area contributed by atoms with Crippen molar-refractivity contribution in [1.29, 1.82) is 0 Å². The second-order valence-electron chi connectivity index (χ2n) is 5.16. The van der Waals surface area contributed by atoms with Crippen LogP contribution in [0, 0.1) is 0 Å². The predicted molar refractivity (Wildman–Crippen MR) is 87.5 cm³/mol. The number of unbranched alkanes of at least 4 members (excludes halogenated alkanes) is 1. The highest BCUT2D eigenvalue weighted by molar-refractivity contribution is 7.21. The van der Waals surface area contributed by atoms with Crippen LogP contribution in [-0.4, -0.2) is 33.4 Å². The Labute approximate surface area is 129 Å². The maximum absolute atomic E-state index is 12.8. The standard InChI is InChI=1S/C15H22N4OS/c1-4-6-9-19(10(3)5-2)15(20)13-11(16)12-14(21-13)18-8-7-17-12/h7-8,10H,4-6,9,16H2,1-3H3. The number of hydrogen-bond donors (Lipinski definition) is 1. The van der Waals surface area contributed by atoms with Crippen LogP contribution in [0.5, 0.6) is 0 Å². The number of amides is 1. The van der Waals surface area contributed by atoms with Gasteiger partial charge in [-0.1, -0.05) is 20.3 Å². The molecule has 0 aromatic carbocycles. The smallest absolute Gasteiger partial charge is 0.266 e. The first-order valence-corrected chi connectivity index (χ1v) is 8.21. The van der Waals surface area contributed by atoms with Gasteiger partial charge >= 0.3 is 0 Å². The second kappa shape index (κ2) is 6.85. The van der Waals surface area contributed by atoms with Crippen molar-refractivity contribution in [2.24, 2.45) is 0 Å². The fraction of sp³-hybridized carbons (Fsp3) is 0.533. The van der Waals surface area contributed by atoms with Crippen LogP contribution in [-0.2, 0) is 0 Å². The zero-order chi connectivity index (χ0) is 15.4. The van der Waals surface area contributed by atoms with E-state index in [-0.39, 0.29) is 11.9 Å². The zero-order valence-electron chi connectivity index (χ0n) is 12.8. The highest BCUT2D eigenvalue weighted by Gasteiger charge is 2.25. The van der Waals surface area contributed by atoms with E-state index in [0.717, 1.165) is 30.6 Å². The van der Waals surface area contributed by atoms with Gasteiger partial charge in [0.1, 0.15) is 15.2 Å². The monoisotopic (exact) mass is 306 g/mol. The molecule has 6 heteroatoms. The Morgan fingerprint density at radius 3 is 2.71 bits per heavy atom. The molecule has 0 bridgehead atoms. The number of fused-ring (bicyclic) bond motifs is 1. The number of aromatic nitrogens is 2. The van der Waals surface area contributed by atoms with Crippen LogP contribution in [0.4, 0.5) is 5.69 Å². The van der Waals surface area contributed by atoms with Gasteiger partial charge in [0.05, 0.1) is 5.69 Å². The summed E-state index contributed by atoms with van der Waals surface area (Å²) in [4.78, 5) is 24.5. The molecule has 0 aliphatic heterocycles. The van der Waals surface area contributed by atoms with Gasteiger partial charge < -0.3 is 10.6 Å². The molecule has 114 valence electrons. The third-order valence-corrected chi connectivity index (χ3v) is 4.78. The first kappa shape index (κ1) is 15.7. The first-order valence-electron chi connectivity index (χ1n) is 7.40. The van der Waals surface area contributed by atoms with E-state index in [1.165, 1.54) is 11.3 Å². The molecule has 0 aliphatic rings. The van der Waals surface area contributed by atoms with Gasteiger partial charge in [0.15, 0.2) is 0 Å². The summed E-state index contributed by atoms with van der Waals surface area (Å²) in [6.07, 6.45) is 6.21. The van der Waals surface area contributed by atoms with Crippen molar-refractivity contribution in [3.05, 3.63) is 17.3 Å². The van der Waals surface area contributed by atoms with E-state index >= 15 is 0 Å². The van der Waals surface area contributed by atoms with Crippen LogP contribution in [0.1, 0.15) is 49.7 Å². The van der Waals surface area contributed by atoms with E-state index in [0.29, 0.717) is 16.1 Å². The maximum atomic E-state index is 12.8. The van der Waals surface area contributed by atoms with Crippen LogP contribution >= 0.6 is 11.3 Å². The Hall–Kier alpha value is -1.69. The molecule has 0 aliphatic carbocycles. The molecule has 0 fully saturated rings. The normalized spacial score (nSPS) is 12.5. The summed E-state index contributed by atoms with van der Waals surface area (Å²) in [5, 5.41) is 0. The molecular weight excluding hydrogens is 284 g/mol. The Bertz CT molecular complexity index is 625. The highest BCUT2D eigenvalue weighted by atomic mass is 32.1. The van der Waals surface area contributed by atoms with Gasteiger partial charge in [-0.05, 0) is 19.8 Å². The number of thiophene rings is 1. The molecule has 0 radical (unpaired) electrons. The molecule has 2 heterocycles. The van der Waals surface area contributed by atoms with E-state index in [2.05, 4.69) is 30.7 Å². The van der Waals surface area contributed by atoms with Crippen molar-refractivity contribution in [2.45, 2.75) is 46.1 Å². The predicted octanol–water partition coefficient (Wildman–Crippen LogP) is 3.31. The average molecular weight is 306 g/mol. The molecule has 0 saturated carbocycles. The Morgan fingerprint density at radius 1 is 1.38 bits per heavy atom. The molecule has 1 amide bonds. The van der Waals surface area contributed by atoms with Gasteiger partial charge in [0, 0.05) is 25.0 Å². The molecule has 2 N–H and O–H groups in total. The van der Waals surface area contributed by atoms with Crippen LogP contribution < -0.4 is 5.73 Å². The number of nitrogens with two attached hydrogens (primary N) is 1. The van der Waals surface area contributed by atoms with Crippen molar-refractivity contribution in [3.63, 3.8) is 0 Å². The molecule has 1 unspecified atom stereocenters. The summed E-state index contributed by atoms with van der Waals surface area (Å²) in [5.41, 5.74) is 7.19. The molecule has 0 spiro atoms. The molecule has 21 heavy (non-hydrogen) atoms. The third-order valence-electron chi connectivity index (χ3n) is 3.69.